The second-order valence-electron chi connectivity index (χ2n) is 2.67. The van der Waals surface area contributed by atoms with E-state index in [0.717, 1.165) is 6.39 Å². The van der Waals surface area contributed by atoms with Gasteiger partial charge < -0.3 is 14.0 Å². The maximum atomic E-state index is 10.7. The highest BCUT2D eigenvalue weighted by molar-refractivity contribution is 5.91. The van der Waals surface area contributed by atoms with Crippen LogP contribution in [0.15, 0.2) is 21.4 Å². The van der Waals surface area contributed by atoms with Crippen LogP contribution in [0.25, 0.3) is 11.5 Å². The van der Waals surface area contributed by atoms with E-state index in [9.17, 15) is 4.79 Å². The molecule has 2 aromatic heterocycles. The van der Waals surface area contributed by atoms with E-state index in [4.69, 9.17) is 14.0 Å². The minimum absolute atomic E-state index is 0.0816. The van der Waals surface area contributed by atoms with Crippen molar-refractivity contribution in [2.24, 2.45) is 0 Å². The van der Waals surface area contributed by atoms with Gasteiger partial charge in [-0.2, -0.15) is 0 Å². The third-order valence-electron chi connectivity index (χ3n) is 1.62. The number of carboxylic acid groups (broad SMARTS) is 1. The van der Waals surface area contributed by atoms with Crippen LogP contribution in [0.5, 0.6) is 0 Å². The van der Waals surface area contributed by atoms with E-state index < -0.39 is 5.97 Å². The Morgan fingerprint density at radius 1 is 1.57 bits per heavy atom. The maximum absolute atomic E-state index is 10.7. The van der Waals surface area contributed by atoms with Crippen molar-refractivity contribution in [2.75, 3.05) is 0 Å². The quantitative estimate of drug-likeness (QED) is 0.775. The highest BCUT2D eigenvalue weighted by atomic mass is 16.5. The summed E-state index contributed by atoms with van der Waals surface area (Å²) in [6, 6.07) is 1.58. The van der Waals surface area contributed by atoms with E-state index in [1.165, 1.54) is 0 Å². The maximum Gasteiger partial charge on any atom is 0.358 e. The van der Waals surface area contributed by atoms with Crippen molar-refractivity contribution in [3.63, 3.8) is 0 Å². The number of hydrogen-bond donors (Lipinski definition) is 1. The predicted molar refractivity (Wildman–Crippen MR) is 43.7 cm³/mol. The molecule has 0 aliphatic carbocycles. The first-order chi connectivity index (χ1) is 6.68. The summed E-state index contributed by atoms with van der Waals surface area (Å²) >= 11 is 0. The number of carboxylic acids is 1. The van der Waals surface area contributed by atoms with Gasteiger partial charge in [-0.15, -0.1) is 0 Å². The minimum atomic E-state index is -1.16. The zero-order valence-electron chi connectivity index (χ0n) is 7.22. The third-order valence-corrected chi connectivity index (χ3v) is 1.62. The number of nitrogens with zero attached hydrogens (tertiary/aromatic N) is 2. The highest BCUT2D eigenvalue weighted by Crippen LogP contribution is 2.23. The Labute approximate surface area is 78.2 Å². The first-order valence-electron chi connectivity index (χ1n) is 3.79. The first-order valence-corrected chi connectivity index (χ1v) is 3.79. The highest BCUT2D eigenvalue weighted by Gasteiger charge is 2.20. The summed E-state index contributed by atoms with van der Waals surface area (Å²) in [4.78, 5) is 14.2. The topological polar surface area (TPSA) is 89.4 Å². The molecule has 0 radical (unpaired) electrons. The van der Waals surface area contributed by atoms with E-state index in [1.54, 1.807) is 13.0 Å². The summed E-state index contributed by atoms with van der Waals surface area (Å²) in [6.07, 6.45) is 1.05. The van der Waals surface area contributed by atoms with Gasteiger partial charge in [-0.1, -0.05) is 5.16 Å². The molecule has 6 heteroatoms. The summed E-state index contributed by atoms with van der Waals surface area (Å²) in [5.74, 6) is -0.821. The lowest BCUT2D eigenvalue weighted by molar-refractivity contribution is 0.0691. The van der Waals surface area contributed by atoms with Gasteiger partial charge in [0.1, 0.15) is 0 Å². The van der Waals surface area contributed by atoms with Gasteiger partial charge in [0.05, 0.1) is 5.69 Å². The van der Waals surface area contributed by atoms with Crippen molar-refractivity contribution in [1.82, 2.24) is 10.1 Å². The summed E-state index contributed by atoms with van der Waals surface area (Å²) in [5.41, 5.74) is 0.467. The Balaban J connectivity index is 2.51. The summed E-state index contributed by atoms with van der Waals surface area (Å²) in [6.45, 7) is 1.73. The molecule has 1 N–H and O–H groups in total. The molecule has 72 valence electrons. The van der Waals surface area contributed by atoms with Crippen LogP contribution in [0.2, 0.25) is 0 Å². The molecule has 14 heavy (non-hydrogen) atoms. The predicted octanol–water partition coefficient (Wildman–Crippen LogP) is 1.34. The number of aryl methyl sites for hydroxylation is 1. The van der Waals surface area contributed by atoms with Crippen LogP contribution in [0.3, 0.4) is 0 Å². The lowest BCUT2D eigenvalue weighted by Gasteiger charge is -1.89. The molecule has 2 rings (SSSR count). The van der Waals surface area contributed by atoms with E-state index in [2.05, 4.69) is 10.1 Å². The van der Waals surface area contributed by atoms with Crippen molar-refractivity contribution in [3.05, 3.63) is 23.8 Å². The van der Waals surface area contributed by atoms with Gasteiger partial charge in [0.25, 0.3) is 0 Å². The monoisotopic (exact) mass is 194 g/mol. The number of oxazole rings is 1. The van der Waals surface area contributed by atoms with Crippen molar-refractivity contribution in [2.45, 2.75) is 6.92 Å². The molecule has 0 aliphatic rings. The molecule has 2 heterocycles. The zero-order chi connectivity index (χ0) is 10.1. The lowest BCUT2D eigenvalue weighted by atomic mass is 10.2. The second-order valence-corrected chi connectivity index (χ2v) is 2.67. The fraction of sp³-hybridized carbons (Fsp3) is 0.125. The van der Waals surface area contributed by atoms with Crippen LogP contribution >= 0.6 is 0 Å². The van der Waals surface area contributed by atoms with Crippen molar-refractivity contribution in [1.29, 1.82) is 0 Å². The second kappa shape index (κ2) is 2.99. The van der Waals surface area contributed by atoms with Gasteiger partial charge >= 0.3 is 5.97 Å². The molecular formula is C8H6N2O4. The number of carbonyl (C=O) groups is 1. The average Bonchev–Trinajstić information content (AvgIpc) is 2.70. The van der Waals surface area contributed by atoms with E-state index in [-0.39, 0.29) is 17.2 Å². The van der Waals surface area contributed by atoms with Crippen LogP contribution in [0.1, 0.15) is 16.2 Å². The third kappa shape index (κ3) is 1.26. The summed E-state index contributed by atoms with van der Waals surface area (Å²) in [5, 5.41) is 12.4. The first kappa shape index (κ1) is 8.49. The molecule has 0 fully saturated rings. The van der Waals surface area contributed by atoms with E-state index in [0.29, 0.717) is 5.69 Å². The molecule has 0 aliphatic heterocycles. The molecule has 0 saturated carbocycles. The van der Waals surface area contributed by atoms with Gasteiger partial charge in [-0.3, -0.25) is 0 Å². The zero-order valence-corrected chi connectivity index (χ0v) is 7.22. The van der Waals surface area contributed by atoms with Crippen LogP contribution in [-0.4, -0.2) is 21.2 Å². The van der Waals surface area contributed by atoms with E-state index in [1.807, 2.05) is 0 Å². The van der Waals surface area contributed by atoms with E-state index >= 15 is 0 Å². The number of hydrogen-bond acceptors (Lipinski definition) is 5. The molecule has 0 aromatic carbocycles. The molecule has 0 unspecified atom stereocenters. The SMILES string of the molecule is Cc1cc(-c2ocnc2C(=O)O)on1. The van der Waals surface area contributed by atoms with Crippen molar-refractivity contribution in [3.8, 4) is 11.5 Å². The standard InChI is InChI=1S/C8H6N2O4/c1-4-2-5(14-10-4)7-6(8(11)12)9-3-13-7/h2-3H,1H3,(H,11,12). The molecule has 0 spiro atoms. The largest absolute Gasteiger partial charge is 0.476 e. The molecule has 6 nitrogen and oxygen atoms in total. The Kier molecular flexibility index (Phi) is 1.81. The van der Waals surface area contributed by atoms with Gasteiger partial charge in [0, 0.05) is 6.07 Å². The van der Waals surface area contributed by atoms with Crippen molar-refractivity contribution >= 4 is 5.97 Å². The van der Waals surface area contributed by atoms with Crippen LogP contribution in [0, 0.1) is 6.92 Å². The molecule has 0 atom stereocenters. The molecule has 2 aromatic rings. The van der Waals surface area contributed by atoms with Gasteiger partial charge in [0.15, 0.2) is 12.1 Å². The Morgan fingerprint density at radius 3 is 2.93 bits per heavy atom. The fourth-order valence-electron chi connectivity index (χ4n) is 1.04. The number of aromatic nitrogens is 2. The summed E-state index contributed by atoms with van der Waals surface area (Å²) < 4.78 is 9.75. The van der Waals surface area contributed by atoms with Gasteiger partial charge in [-0.05, 0) is 6.92 Å². The van der Waals surface area contributed by atoms with Crippen LogP contribution < -0.4 is 0 Å². The van der Waals surface area contributed by atoms with Gasteiger partial charge in [0.2, 0.25) is 11.5 Å². The normalized spacial score (nSPS) is 10.4. The number of aromatic carboxylic acids is 1. The van der Waals surface area contributed by atoms with Gasteiger partial charge in [-0.25, -0.2) is 9.78 Å². The molecule has 0 amide bonds. The number of rotatable bonds is 2. The van der Waals surface area contributed by atoms with Crippen LogP contribution in [0.4, 0.5) is 0 Å². The minimum Gasteiger partial charge on any atom is -0.476 e. The Hall–Kier alpha value is -2.11. The molecule has 0 saturated heterocycles. The Morgan fingerprint density at radius 2 is 2.36 bits per heavy atom. The molecule has 0 bridgehead atoms. The lowest BCUT2D eigenvalue weighted by Crippen LogP contribution is -1.97. The summed E-state index contributed by atoms with van der Waals surface area (Å²) in [7, 11) is 0. The average molecular weight is 194 g/mol. The Bertz CT molecular complexity index is 471. The van der Waals surface area contributed by atoms with Crippen molar-refractivity contribution < 1.29 is 18.8 Å². The molecular weight excluding hydrogens is 188 g/mol. The smallest absolute Gasteiger partial charge is 0.358 e. The van der Waals surface area contributed by atoms with Crippen LogP contribution in [-0.2, 0) is 0 Å². The fourth-order valence-corrected chi connectivity index (χ4v) is 1.04.